The normalized spacial score (nSPS) is 20.9. The van der Waals surface area contributed by atoms with Crippen LogP contribution < -0.4 is 15.1 Å². The molecule has 352 valence electrons. The summed E-state index contributed by atoms with van der Waals surface area (Å²) in [5.74, 6) is -0.665. The zero-order valence-corrected chi connectivity index (χ0v) is 36.7. The van der Waals surface area contributed by atoms with Crippen molar-refractivity contribution >= 4 is 53.4 Å². The van der Waals surface area contributed by atoms with Crippen LogP contribution in [0.2, 0.25) is 0 Å². The van der Waals surface area contributed by atoms with E-state index in [-0.39, 0.29) is 86.8 Å². The van der Waals surface area contributed by atoms with E-state index in [1.807, 2.05) is 20.8 Å². The number of piperidine rings is 2. The second-order valence-corrected chi connectivity index (χ2v) is 17.5. The highest BCUT2D eigenvalue weighted by molar-refractivity contribution is 6.39. The van der Waals surface area contributed by atoms with Crippen molar-refractivity contribution < 1.29 is 55.1 Å². The highest BCUT2D eigenvalue weighted by Gasteiger charge is 2.47. The average molecular weight is 931 g/mol. The number of alkyl halides is 6. The summed E-state index contributed by atoms with van der Waals surface area (Å²) in [4.78, 5) is 65.3. The van der Waals surface area contributed by atoms with Crippen LogP contribution in [-0.4, -0.2) is 149 Å². The molecule has 8 heterocycles. The molecule has 23 heteroatoms. The fourth-order valence-corrected chi connectivity index (χ4v) is 8.46. The molecule has 2 aromatic heterocycles. The van der Waals surface area contributed by atoms with E-state index in [1.165, 1.54) is 24.5 Å². The zero-order chi connectivity index (χ0) is 45.2. The number of likely N-dealkylation sites (tertiary alicyclic amines) is 1. The molecule has 2 aromatic rings. The highest BCUT2D eigenvalue weighted by Crippen LogP contribution is 2.39. The fourth-order valence-electron chi connectivity index (χ4n) is 8.46. The number of nitrogens with zero attached hydrogens (tertiary/aromatic N) is 9. The number of hydrogen-bond donors (Lipinski definition) is 1. The van der Waals surface area contributed by atoms with E-state index in [0.717, 1.165) is 38.1 Å². The minimum absolute atomic E-state index is 0. The fraction of sp³-hybridized carbons (Fsp3) is 0.634. The second-order valence-electron chi connectivity index (χ2n) is 17.5. The summed E-state index contributed by atoms with van der Waals surface area (Å²) in [7, 11) is 0. The van der Waals surface area contributed by atoms with Crippen LogP contribution >= 0.6 is 12.4 Å². The molecule has 0 atom stereocenters. The second kappa shape index (κ2) is 19.2. The van der Waals surface area contributed by atoms with Crippen molar-refractivity contribution in [2.45, 2.75) is 88.5 Å². The maximum absolute atomic E-state index is 13.3. The van der Waals surface area contributed by atoms with Gasteiger partial charge in [0.25, 0.3) is 11.8 Å². The van der Waals surface area contributed by atoms with Crippen LogP contribution in [0.3, 0.4) is 0 Å². The van der Waals surface area contributed by atoms with Crippen molar-refractivity contribution in [3.63, 3.8) is 0 Å². The maximum Gasteiger partial charge on any atom is 0.419 e. The number of halogens is 7. The van der Waals surface area contributed by atoms with Crippen molar-refractivity contribution in [2.75, 3.05) is 88.3 Å². The van der Waals surface area contributed by atoms with Gasteiger partial charge in [-0.15, -0.1) is 12.4 Å². The topological polar surface area (TPSA) is 158 Å². The van der Waals surface area contributed by atoms with E-state index >= 15 is 0 Å². The average Bonchev–Trinajstić information content (AvgIpc) is 3.87. The molecule has 6 aliphatic heterocycles. The van der Waals surface area contributed by atoms with E-state index in [1.54, 1.807) is 24.5 Å². The van der Waals surface area contributed by atoms with E-state index < -0.39 is 34.7 Å². The van der Waals surface area contributed by atoms with Gasteiger partial charge in [0.15, 0.2) is 0 Å². The van der Waals surface area contributed by atoms with Gasteiger partial charge in [0.2, 0.25) is 0 Å². The highest BCUT2D eigenvalue weighted by atomic mass is 35.5. The molecule has 0 aliphatic carbocycles. The van der Waals surface area contributed by atoms with Gasteiger partial charge in [0.1, 0.15) is 39.9 Å². The van der Waals surface area contributed by atoms with Gasteiger partial charge in [-0.1, -0.05) is 10.3 Å². The monoisotopic (exact) mass is 930 g/mol. The number of ether oxygens (including phenoxy) is 1. The summed E-state index contributed by atoms with van der Waals surface area (Å²) in [5, 5.41) is 11.4. The number of nitrogens with one attached hydrogen (secondary N) is 1. The molecule has 64 heavy (non-hydrogen) atoms. The predicted molar refractivity (Wildman–Crippen MR) is 224 cm³/mol. The Labute approximate surface area is 372 Å². The molecule has 16 nitrogen and oxygen atoms in total. The first-order valence-corrected chi connectivity index (χ1v) is 21.1. The standard InChI is InChI=1S/C23H30F3N5O4.C18H22F3N5O2.ClH/c1-21(2,3)34-20(33)31-9-6-22(7-10-31)15-17(28-35-22)19(32)30-13-11-29(12-14-30)18-16(23(24,25)26)5-4-8-27-18;19-18(20,21)13-2-1-5-23-15(13)25-8-10-26(11-9-25)16(27)14-12-17(28-24-14)3-6-22-7-4-17;/h4-5,8H,6-7,9-15H2,1-3H3;1-2,5,22H,3-4,6-12H2;1H. The number of aromatic nitrogens is 2. The first kappa shape index (κ1) is 48.3. The molecule has 0 radical (unpaired) electrons. The van der Waals surface area contributed by atoms with E-state index in [9.17, 15) is 40.7 Å². The first-order chi connectivity index (χ1) is 29.7. The lowest BCUT2D eigenvalue weighted by molar-refractivity contribution is -0.138. The molecule has 0 unspecified atom stereocenters. The summed E-state index contributed by atoms with van der Waals surface area (Å²) in [6.45, 7) is 10.2. The molecule has 0 saturated carbocycles. The molecule has 0 bridgehead atoms. The van der Waals surface area contributed by atoms with Crippen LogP contribution in [0.1, 0.15) is 70.4 Å². The number of carbonyl (C=O) groups is 3. The number of carbonyl (C=O) groups excluding carboxylic acids is 3. The number of piperazine rings is 2. The Bertz CT molecular complexity index is 2050. The molecular formula is C41H53ClF6N10O6. The molecule has 6 aliphatic rings. The van der Waals surface area contributed by atoms with Crippen molar-refractivity contribution in [3.8, 4) is 0 Å². The summed E-state index contributed by atoms with van der Waals surface area (Å²) in [6.07, 6.45) is -3.15. The molecular weight excluding hydrogens is 878 g/mol. The van der Waals surface area contributed by atoms with Crippen LogP contribution in [0, 0.1) is 0 Å². The smallest absolute Gasteiger partial charge is 0.419 e. The molecule has 8 rings (SSSR count). The zero-order valence-electron chi connectivity index (χ0n) is 35.8. The summed E-state index contributed by atoms with van der Waals surface area (Å²) in [5.41, 5.74) is -2.41. The summed E-state index contributed by atoms with van der Waals surface area (Å²) >= 11 is 0. The number of hydrogen-bond acceptors (Lipinski definition) is 13. The van der Waals surface area contributed by atoms with Crippen LogP contribution in [0.5, 0.6) is 0 Å². The van der Waals surface area contributed by atoms with Gasteiger partial charge in [-0.25, -0.2) is 14.8 Å². The van der Waals surface area contributed by atoms with Gasteiger partial charge < -0.3 is 44.2 Å². The van der Waals surface area contributed by atoms with E-state index in [2.05, 4.69) is 25.6 Å². The Morgan fingerprint density at radius 3 is 1.42 bits per heavy atom. The molecule has 4 saturated heterocycles. The van der Waals surface area contributed by atoms with Crippen molar-refractivity contribution in [1.82, 2.24) is 30.0 Å². The van der Waals surface area contributed by atoms with Gasteiger partial charge in [-0.3, -0.25) is 9.59 Å². The van der Waals surface area contributed by atoms with Crippen LogP contribution in [0.15, 0.2) is 47.0 Å². The quantitative estimate of drug-likeness (QED) is 0.394. The Morgan fingerprint density at radius 1 is 0.625 bits per heavy atom. The third kappa shape index (κ3) is 11.2. The van der Waals surface area contributed by atoms with Crippen LogP contribution in [0.4, 0.5) is 42.8 Å². The Morgan fingerprint density at radius 2 is 1.03 bits per heavy atom. The third-order valence-electron chi connectivity index (χ3n) is 11.9. The van der Waals surface area contributed by atoms with Gasteiger partial charge in [-0.05, 0) is 58.1 Å². The van der Waals surface area contributed by atoms with E-state index in [0.29, 0.717) is 63.3 Å². The van der Waals surface area contributed by atoms with Gasteiger partial charge in [-0.2, -0.15) is 26.3 Å². The van der Waals surface area contributed by atoms with Gasteiger partial charge >= 0.3 is 18.4 Å². The number of rotatable bonds is 4. The molecule has 2 spiro atoms. The largest absolute Gasteiger partial charge is 0.444 e. The van der Waals surface area contributed by atoms with Gasteiger partial charge in [0, 0.05) is 116 Å². The molecule has 1 N–H and O–H groups in total. The number of amides is 3. The van der Waals surface area contributed by atoms with Crippen LogP contribution in [-0.2, 0) is 36.4 Å². The predicted octanol–water partition coefficient (Wildman–Crippen LogP) is 5.36. The lowest BCUT2D eigenvalue weighted by atomic mass is 9.86. The Balaban J connectivity index is 0.000000214. The van der Waals surface area contributed by atoms with E-state index in [4.69, 9.17) is 14.4 Å². The lowest BCUT2D eigenvalue weighted by Gasteiger charge is -2.38. The minimum atomic E-state index is -4.50. The number of anilines is 2. The number of pyridine rings is 2. The summed E-state index contributed by atoms with van der Waals surface area (Å²) < 4.78 is 85.1. The van der Waals surface area contributed by atoms with Crippen molar-refractivity contribution in [1.29, 1.82) is 0 Å². The Kier molecular flexibility index (Phi) is 14.5. The third-order valence-corrected chi connectivity index (χ3v) is 11.9. The molecule has 4 fully saturated rings. The maximum atomic E-state index is 13.3. The first-order valence-electron chi connectivity index (χ1n) is 21.1. The van der Waals surface area contributed by atoms with Crippen LogP contribution in [0.25, 0.3) is 0 Å². The van der Waals surface area contributed by atoms with Crippen molar-refractivity contribution in [3.05, 3.63) is 47.8 Å². The SMILES string of the molecule is CC(C)(C)OC(=O)N1CCC2(CC1)CC(C(=O)N1CCN(c3ncccc3C(F)(F)F)CC1)=NO2.Cl.O=C(C1=NOC2(CCNCC2)C1)N1CCN(c2ncccc2C(F)(F)F)CC1. The molecule has 0 aromatic carbocycles. The lowest BCUT2D eigenvalue weighted by Crippen LogP contribution is -2.52. The van der Waals surface area contributed by atoms with Gasteiger partial charge in [0.05, 0.1) is 11.1 Å². The minimum Gasteiger partial charge on any atom is -0.444 e. The van der Waals surface area contributed by atoms with Crippen molar-refractivity contribution in [2.24, 2.45) is 10.3 Å². The summed E-state index contributed by atoms with van der Waals surface area (Å²) in [6, 6.07) is 4.58. The molecule has 3 amide bonds. The Hall–Kier alpha value is -5.12. The number of oxime groups is 2.